The van der Waals surface area contributed by atoms with Crippen LogP contribution in [0.5, 0.6) is 5.75 Å². The van der Waals surface area contributed by atoms with E-state index in [9.17, 15) is 4.79 Å². The summed E-state index contributed by atoms with van der Waals surface area (Å²) in [6.07, 6.45) is 0.917. The van der Waals surface area contributed by atoms with E-state index in [0.29, 0.717) is 11.4 Å². The molecule has 1 aliphatic heterocycles. The zero-order chi connectivity index (χ0) is 13.1. The molecule has 1 aromatic rings. The van der Waals surface area contributed by atoms with Crippen molar-refractivity contribution in [1.82, 2.24) is 9.80 Å². The van der Waals surface area contributed by atoms with Crippen molar-refractivity contribution in [3.63, 3.8) is 0 Å². The fourth-order valence-corrected chi connectivity index (χ4v) is 2.29. The fraction of sp³-hybridized carbons (Fsp3) is 0.462. The van der Waals surface area contributed by atoms with Crippen molar-refractivity contribution in [2.75, 3.05) is 39.5 Å². The number of rotatable bonds is 3. The van der Waals surface area contributed by atoms with Crippen LogP contribution < -0.4 is 10.5 Å². The molecule has 0 spiro atoms. The summed E-state index contributed by atoms with van der Waals surface area (Å²) in [4.78, 5) is 15.2. The first-order chi connectivity index (χ1) is 8.65. The first-order valence-corrected chi connectivity index (χ1v) is 5.98. The number of amides is 1. The van der Waals surface area contributed by atoms with Gasteiger partial charge in [0, 0.05) is 19.6 Å². The summed E-state index contributed by atoms with van der Waals surface area (Å²) >= 11 is 0. The van der Waals surface area contributed by atoms with Gasteiger partial charge < -0.3 is 20.3 Å². The van der Waals surface area contributed by atoms with E-state index in [1.807, 2.05) is 23.1 Å². The number of methoxy groups -OCH3 is 1. The molecule has 1 atom stereocenters. The van der Waals surface area contributed by atoms with Gasteiger partial charge in [0.2, 0.25) is 6.41 Å². The van der Waals surface area contributed by atoms with Crippen LogP contribution in [-0.2, 0) is 4.79 Å². The van der Waals surface area contributed by atoms with Crippen LogP contribution in [0.1, 0.15) is 11.6 Å². The number of ether oxygens (including phenoxy) is 1. The smallest absolute Gasteiger partial charge is 0.210 e. The van der Waals surface area contributed by atoms with Crippen LogP contribution in [-0.4, -0.2) is 50.0 Å². The van der Waals surface area contributed by atoms with Crippen molar-refractivity contribution in [1.29, 1.82) is 0 Å². The Morgan fingerprint density at radius 1 is 1.44 bits per heavy atom. The SMILES string of the molecule is COc1cc(C2CN(C)CCN2C=O)ccc1N. The molecule has 1 saturated heterocycles. The molecule has 2 rings (SSSR count). The van der Waals surface area contributed by atoms with E-state index in [0.717, 1.165) is 31.6 Å². The lowest BCUT2D eigenvalue weighted by molar-refractivity contribution is -0.122. The number of piperazine rings is 1. The molecule has 1 fully saturated rings. The van der Waals surface area contributed by atoms with Crippen LogP contribution in [0.2, 0.25) is 0 Å². The van der Waals surface area contributed by atoms with Crippen molar-refractivity contribution in [3.8, 4) is 5.75 Å². The van der Waals surface area contributed by atoms with Gasteiger partial charge in [-0.25, -0.2) is 0 Å². The van der Waals surface area contributed by atoms with Gasteiger partial charge in [0.15, 0.2) is 0 Å². The third-order valence-electron chi connectivity index (χ3n) is 3.40. The highest BCUT2D eigenvalue weighted by Gasteiger charge is 2.25. The number of carbonyl (C=O) groups is 1. The van der Waals surface area contributed by atoms with E-state index in [2.05, 4.69) is 11.9 Å². The molecule has 0 radical (unpaired) electrons. The summed E-state index contributed by atoms with van der Waals surface area (Å²) in [5.41, 5.74) is 7.47. The molecule has 1 heterocycles. The van der Waals surface area contributed by atoms with E-state index in [1.165, 1.54) is 0 Å². The number of hydrogen-bond acceptors (Lipinski definition) is 4. The maximum absolute atomic E-state index is 11.1. The normalized spacial score (nSPS) is 20.8. The number of nitrogens with zero attached hydrogens (tertiary/aromatic N) is 2. The van der Waals surface area contributed by atoms with Crippen LogP contribution in [0.4, 0.5) is 5.69 Å². The predicted molar refractivity (Wildman–Crippen MR) is 70.4 cm³/mol. The summed E-state index contributed by atoms with van der Waals surface area (Å²) in [6, 6.07) is 5.76. The molecular weight excluding hydrogens is 230 g/mol. The molecule has 1 amide bonds. The van der Waals surface area contributed by atoms with E-state index in [4.69, 9.17) is 10.5 Å². The Balaban J connectivity index is 2.30. The Kier molecular flexibility index (Phi) is 3.72. The first-order valence-electron chi connectivity index (χ1n) is 5.98. The summed E-state index contributed by atoms with van der Waals surface area (Å²) in [7, 11) is 3.66. The van der Waals surface area contributed by atoms with Gasteiger partial charge in [-0.1, -0.05) is 6.07 Å². The maximum Gasteiger partial charge on any atom is 0.210 e. The molecule has 5 nitrogen and oxygen atoms in total. The Hall–Kier alpha value is -1.75. The molecule has 1 unspecified atom stereocenters. The third kappa shape index (κ3) is 2.41. The van der Waals surface area contributed by atoms with Crippen molar-refractivity contribution >= 4 is 12.1 Å². The lowest BCUT2D eigenvalue weighted by Gasteiger charge is -2.38. The predicted octanol–water partition coefficient (Wildman–Crippen LogP) is 0.722. The molecule has 2 N–H and O–H groups in total. The van der Waals surface area contributed by atoms with Crippen molar-refractivity contribution in [2.24, 2.45) is 0 Å². The van der Waals surface area contributed by atoms with Gasteiger partial charge in [0.25, 0.3) is 0 Å². The van der Waals surface area contributed by atoms with Crippen LogP contribution in [0.3, 0.4) is 0 Å². The minimum absolute atomic E-state index is 0.0655. The average Bonchev–Trinajstić information content (AvgIpc) is 2.39. The fourth-order valence-electron chi connectivity index (χ4n) is 2.29. The molecule has 1 aromatic carbocycles. The molecule has 5 heteroatoms. The number of nitrogen functional groups attached to an aromatic ring is 1. The molecule has 0 bridgehead atoms. The average molecular weight is 249 g/mol. The highest BCUT2D eigenvalue weighted by atomic mass is 16.5. The minimum Gasteiger partial charge on any atom is -0.495 e. The number of nitrogens with two attached hydrogens (primary N) is 1. The van der Waals surface area contributed by atoms with Crippen molar-refractivity contribution in [3.05, 3.63) is 23.8 Å². The topological polar surface area (TPSA) is 58.8 Å². The Labute approximate surface area is 107 Å². The van der Waals surface area contributed by atoms with Gasteiger partial charge in [-0.3, -0.25) is 4.79 Å². The molecular formula is C13H19N3O2. The quantitative estimate of drug-likeness (QED) is 0.633. The monoisotopic (exact) mass is 249 g/mol. The van der Waals surface area contributed by atoms with Crippen LogP contribution in [0, 0.1) is 0 Å². The zero-order valence-corrected chi connectivity index (χ0v) is 10.8. The number of likely N-dealkylation sites (N-methyl/N-ethyl adjacent to an activating group) is 1. The lowest BCUT2D eigenvalue weighted by atomic mass is 10.0. The van der Waals surface area contributed by atoms with Crippen LogP contribution in [0.15, 0.2) is 18.2 Å². The van der Waals surface area contributed by atoms with Crippen molar-refractivity contribution < 1.29 is 9.53 Å². The summed E-state index contributed by atoms with van der Waals surface area (Å²) in [5, 5.41) is 0. The van der Waals surface area contributed by atoms with E-state index in [-0.39, 0.29) is 6.04 Å². The van der Waals surface area contributed by atoms with Gasteiger partial charge >= 0.3 is 0 Å². The minimum atomic E-state index is 0.0655. The molecule has 0 aliphatic carbocycles. The second-order valence-electron chi connectivity index (χ2n) is 4.62. The zero-order valence-electron chi connectivity index (χ0n) is 10.8. The van der Waals surface area contributed by atoms with Crippen LogP contribution in [0.25, 0.3) is 0 Å². The van der Waals surface area contributed by atoms with E-state index >= 15 is 0 Å². The van der Waals surface area contributed by atoms with E-state index in [1.54, 1.807) is 7.11 Å². The van der Waals surface area contributed by atoms with Crippen LogP contribution >= 0.6 is 0 Å². The maximum atomic E-state index is 11.1. The number of anilines is 1. The van der Waals surface area contributed by atoms with Gasteiger partial charge in [0.1, 0.15) is 5.75 Å². The standard InChI is InChI=1S/C13H19N3O2/c1-15-5-6-16(9-17)12(8-15)10-3-4-11(14)13(7-10)18-2/h3-4,7,9,12H,5-6,8,14H2,1-2H3. The van der Waals surface area contributed by atoms with Gasteiger partial charge in [0.05, 0.1) is 18.8 Å². The van der Waals surface area contributed by atoms with Gasteiger partial charge in [-0.05, 0) is 24.7 Å². The van der Waals surface area contributed by atoms with Crippen molar-refractivity contribution in [2.45, 2.75) is 6.04 Å². The largest absolute Gasteiger partial charge is 0.495 e. The first kappa shape index (κ1) is 12.7. The second kappa shape index (κ2) is 5.27. The Morgan fingerprint density at radius 2 is 2.22 bits per heavy atom. The van der Waals surface area contributed by atoms with E-state index < -0.39 is 0 Å². The highest BCUT2D eigenvalue weighted by Crippen LogP contribution is 2.29. The Bertz CT molecular complexity index is 436. The molecule has 0 saturated carbocycles. The second-order valence-corrected chi connectivity index (χ2v) is 4.62. The summed E-state index contributed by atoms with van der Waals surface area (Å²) in [5.74, 6) is 0.659. The summed E-state index contributed by atoms with van der Waals surface area (Å²) in [6.45, 7) is 2.48. The van der Waals surface area contributed by atoms with Gasteiger partial charge in [-0.15, -0.1) is 0 Å². The Morgan fingerprint density at radius 3 is 2.89 bits per heavy atom. The molecule has 1 aliphatic rings. The van der Waals surface area contributed by atoms with Gasteiger partial charge in [-0.2, -0.15) is 0 Å². The molecule has 98 valence electrons. The molecule has 0 aromatic heterocycles. The number of hydrogen-bond donors (Lipinski definition) is 1. The molecule has 18 heavy (non-hydrogen) atoms. The number of carbonyl (C=O) groups excluding carboxylic acids is 1. The summed E-state index contributed by atoms with van der Waals surface area (Å²) < 4.78 is 5.23. The third-order valence-corrected chi connectivity index (χ3v) is 3.40. The number of benzene rings is 1. The highest BCUT2D eigenvalue weighted by molar-refractivity contribution is 5.56. The lowest BCUT2D eigenvalue weighted by Crippen LogP contribution is -2.46.